The van der Waals surface area contributed by atoms with Crippen molar-refractivity contribution in [3.63, 3.8) is 0 Å². The quantitative estimate of drug-likeness (QED) is 0.794. The topological polar surface area (TPSA) is 33.1 Å². The van der Waals surface area contributed by atoms with Crippen LogP contribution in [0, 0.1) is 0 Å². The molecule has 1 aromatic rings. The fourth-order valence-corrected chi connectivity index (χ4v) is 0.927. The molecule has 1 aromatic heterocycles. The second kappa shape index (κ2) is 3.13. The van der Waals surface area contributed by atoms with Crippen molar-refractivity contribution < 1.29 is 13.9 Å². The van der Waals surface area contributed by atoms with Crippen LogP contribution in [0.25, 0.3) is 0 Å². The SMILES string of the molecule is Oc1cc(Br)cnc1C(F)F. The number of alkyl halides is 2. The molecule has 0 unspecified atom stereocenters. The first kappa shape index (κ1) is 8.39. The van der Waals surface area contributed by atoms with Gasteiger partial charge in [-0.3, -0.25) is 4.98 Å². The van der Waals surface area contributed by atoms with Crippen molar-refractivity contribution in [1.29, 1.82) is 0 Å². The van der Waals surface area contributed by atoms with Crippen molar-refractivity contribution in [2.45, 2.75) is 6.43 Å². The Balaban J connectivity index is 3.09. The molecule has 1 heterocycles. The van der Waals surface area contributed by atoms with Gasteiger partial charge in [-0.15, -0.1) is 0 Å². The highest BCUT2D eigenvalue weighted by Crippen LogP contribution is 2.27. The molecule has 0 saturated heterocycles. The molecule has 0 spiro atoms. The molecule has 0 atom stereocenters. The van der Waals surface area contributed by atoms with Crippen LogP contribution in [0.4, 0.5) is 8.78 Å². The van der Waals surface area contributed by atoms with E-state index in [1.165, 1.54) is 12.3 Å². The fraction of sp³-hybridized carbons (Fsp3) is 0.167. The van der Waals surface area contributed by atoms with Crippen LogP contribution in [-0.2, 0) is 0 Å². The van der Waals surface area contributed by atoms with Gasteiger partial charge in [0.15, 0.2) is 0 Å². The number of halogens is 3. The first-order valence-electron chi connectivity index (χ1n) is 2.74. The number of hydrogen-bond donors (Lipinski definition) is 1. The number of hydrogen-bond acceptors (Lipinski definition) is 2. The molecular formula is C6H4BrF2NO. The lowest BCUT2D eigenvalue weighted by Gasteiger charge is -2.00. The minimum absolute atomic E-state index is 0.472. The molecule has 0 saturated carbocycles. The summed E-state index contributed by atoms with van der Waals surface area (Å²) in [4.78, 5) is 3.33. The first-order valence-corrected chi connectivity index (χ1v) is 3.53. The third kappa shape index (κ3) is 1.86. The molecule has 0 aliphatic heterocycles. The van der Waals surface area contributed by atoms with Crippen LogP contribution in [0.15, 0.2) is 16.7 Å². The number of aromatic nitrogens is 1. The maximum Gasteiger partial charge on any atom is 0.284 e. The molecule has 0 aromatic carbocycles. The second-order valence-electron chi connectivity index (χ2n) is 1.86. The Hall–Kier alpha value is -0.710. The van der Waals surface area contributed by atoms with Crippen molar-refractivity contribution in [1.82, 2.24) is 4.98 Å². The lowest BCUT2D eigenvalue weighted by molar-refractivity contribution is 0.142. The minimum Gasteiger partial charge on any atom is -0.506 e. The summed E-state index contributed by atoms with van der Waals surface area (Å²) in [5.74, 6) is -0.491. The van der Waals surface area contributed by atoms with Crippen LogP contribution in [-0.4, -0.2) is 10.1 Å². The number of rotatable bonds is 1. The molecule has 0 fully saturated rings. The molecule has 1 rings (SSSR count). The Morgan fingerprint density at radius 1 is 1.55 bits per heavy atom. The van der Waals surface area contributed by atoms with Crippen molar-refractivity contribution in [2.75, 3.05) is 0 Å². The standard InChI is InChI=1S/C6H4BrF2NO/c7-3-1-4(11)5(6(8)9)10-2-3/h1-2,6,11H. The van der Waals surface area contributed by atoms with Gasteiger partial charge in [0.2, 0.25) is 0 Å². The molecule has 0 radical (unpaired) electrons. The van der Waals surface area contributed by atoms with E-state index in [1.54, 1.807) is 0 Å². The summed E-state index contributed by atoms with van der Waals surface area (Å²) in [6.45, 7) is 0. The molecule has 0 bridgehead atoms. The zero-order valence-electron chi connectivity index (χ0n) is 5.26. The summed E-state index contributed by atoms with van der Waals surface area (Å²) in [6.07, 6.45) is -1.52. The summed E-state index contributed by atoms with van der Waals surface area (Å²) in [7, 11) is 0. The molecule has 0 aliphatic rings. The van der Waals surface area contributed by atoms with E-state index < -0.39 is 17.9 Å². The maximum absolute atomic E-state index is 11.9. The maximum atomic E-state index is 11.9. The third-order valence-electron chi connectivity index (χ3n) is 1.07. The fourth-order valence-electron chi connectivity index (χ4n) is 0.607. The average molecular weight is 224 g/mol. The van der Waals surface area contributed by atoms with Gasteiger partial charge in [0.05, 0.1) is 0 Å². The highest BCUT2D eigenvalue weighted by atomic mass is 79.9. The predicted molar refractivity (Wildman–Crippen MR) is 38.6 cm³/mol. The van der Waals surface area contributed by atoms with Crippen molar-refractivity contribution in [3.8, 4) is 5.75 Å². The van der Waals surface area contributed by atoms with Gasteiger partial charge in [-0.25, -0.2) is 8.78 Å². The number of nitrogens with zero attached hydrogens (tertiary/aromatic N) is 1. The Morgan fingerprint density at radius 2 is 2.18 bits per heavy atom. The Kier molecular flexibility index (Phi) is 2.38. The van der Waals surface area contributed by atoms with Crippen molar-refractivity contribution >= 4 is 15.9 Å². The summed E-state index contributed by atoms with van der Waals surface area (Å²) in [5.41, 5.74) is -0.590. The first-order chi connectivity index (χ1) is 5.11. The van der Waals surface area contributed by atoms with Gasteiger partial charge in [-0.2, -0.15) is 0 Å². The van der Waals surface area contributed by atoms with Crippen LogP contribution >= 0.6 is 15.9 Å². The van der Waals surface area contributed by atoms with E-state index in [-0.39, 0.29) is 0 Å². The van der Waals surface area contributed by atoms with Gasteiger partial charge in [0, 0.05) is 10.7 Å². The molecule has 0 amide bonds. The summed E-state index contributed by atoms with van der Waals surface area (Å²) >= 11 is 2.98. The van der Waals surface area contributed by atoms with E-state index in [0.717, 1.165) is 0 Å². The zero-order valence-corrected chi connectivity index (χ0v) is 6.85. The Morgan fingerprint density at radius 3 is 2.64 bits per heavy atom. The van der Waals surface area contributed by atoms with E-state index in [1.807, 2.05) is 0 Å². The average Bonchev–Trinajstić information content (AvgIpc) is 1.85. The summed E-state index contributed by atoms with van der Waals surface area (Å²) in [5, 5.41) is 8.89. The molecule has 2 nitrogen and oxygen atoms in total. The van der Waals surface area contributed by atoms with Crippen LogP contribution in [0.2, 0.25) is 0 Å². The van der Waals surface area contributed by atoms with Gasteiger partial charge in [-0.1, -0.05) is 0 Å². The highest BCUT2D eigenvalue weighted by molar-refractivity contribution is 9.10. The predicted octanol–water partition coefficient (Wildman–Crippen LogP) is 2.49. The van der Waals surface area contributed by atoms with E-state index in [4.69, 9.17) is 5.11 Å². The number of aromatic hydroxyl groups is 1. The van der Waals surface area contributed by atoms with Crippen LogP contribution in [0.3, 0.4) is 0 Å². The van der Waals surface area contributed by atoms with Crippen LogP contribution in [0.5, 0.6) is 5.75 Å². The molecule has 5 heteroatoms. The summed E-state index contributed by atoms with van der Waals surface area (Å²) < 4.78 is 24.3. The van der Waals surface area contributed by atoms with E-state index in [0.29, 0.717) is 4.47 Å². The van der Waals surface area contributed by atoms with Crippen molar-refractivity contribution in [2.24, 2.45) is 0 Å². The third-order valence-corrected chi connectivity index (χ3v) is 1.50. The minimum atomic E-state index is -2.73. The second-order valence-corrected chi connectivity index (χ2v) is 2.77. The Bertz CT molecular complexity index is 267. The Labute approximate surface area is 70.0 Å². The highest BCUT2D eigenvalue weighted by Gasteiger charge is 2.13. The molecule has 60 valence electrons. The normalized spacial score (nSPS) is 10.5. The molecule has 0 aliphatic carbocycles. The van der Waals surface area contributed by atoms with Gasteiger partial charge in [0.1, 0.15) is 11.4 Å². The van der Waals surface area contributed by atoms with Crippen molar-refractivity contribution in [3.05, 3.63) is 22.4 Å². The van der Waals surface area contributed by atoms with Gasteiger partial charge >= 0.3 is 0 Å². The smallest absolute Gasteiger partial charge is 0.284 e. The van der Waals surface area contributed by atoms with Gasteiger partial charge < -0.3 is 5.11 Å². The largest absolute Gasteiger partial charge is 0.506 e. The molecular weight excluding hydrogens is 220 g/mol. The lowest BCUT2D eigenvalue weighted by atomic mass is 10.3. The van der Waals surface area contributed by atoms with E-state index in [2.05, 4.69) is 20.9 Å². The zero-order chi connectivity index (χ0) is 8.43. The number of pyridine rings is 1. The molecule has 11 heavy (non-hydrogen) atoms. The molecule has 1 N–H and O–H groups in total. The monoisotopic (exact) mass is 223 g/mol. The van der Waals surface area contributed by atoms with E-state index in [9.17, 15) is 8.78 Å². The van der Waals surface area contributed by atoms with E-state index >= 15 is 0 Å². The van der Waals surface area contributed by atoms with Crippen LogP contribution < -0.4 is 0 Å². The van der Waals surface area contributed by atoms with Crippen LogP contribution in [0.1, 0.15) is 12.1 Å². The lowest BCUT2D eigenvalue weighted by Crippen LogP contribution is -1.89. The van der Waals surface area contributed by atoms with Gasteiger partial charge in [-0.05, 0) is 22.0 Å². The van der Waals surface area contributed by atoms with Gasteiger partial charge in [0.25, 0.3) is 6.43 Å². The summed E-state index contributed by atoms with van der Waals surface area (Å²) in [6, 6.07) is 1.18.